The third kappa shape index (κ3) is 5.42. The standard InChI is InChI=1S/C18H18FN3O3/c1-12(13-6-8-16(25-2)9-7-13)21-22-17(23)11-20-18(24)14-4-3-5-15(19)10-14/h3-10H,11H2,1-2H3,(H,20,24)(H,22,23). The van der Waals surface area contributed by atoms with Crippen LogP contribution >= 0.6 is 0 Å². The van der Waals surface area contributed by atoms with Gasteiger partial charge in [0.25, 0.3) is 11.8 Å². The molecule has 0 saturated carbocycles. The van der Waals surface area contributed by atoms with E-state index in [1.54, 1.807) is 26.2 Å². The van der Waals surface area contributed by atoms with E-state index in [1.165, 1.54) is 18.2 Å². The molecular formula is C18H18FN3O3. The van der Waals surface area contributed by atoms with Gasteiger partial charge in [0.15, 0.2) is 0 Å². The second-order valence-corrected chi connectivity index (χ2v) is 5.15. The first-order chi connectivity index (χ1) is 12.0. The molecule has 7 heteroatoms. The number of hydrogen-bond acceptors (Lipinski definition) is 4. The maximum atomic E-state index is 13.1. The van der Waals surface area contributed by atoms with Crippen LogP contribution in [-0.4, -0.2) is 31.2 Å². The van der Waals surface area contributed by atoms with E-state index in [4.69, 9.17) is 4.74 Å². The van der Waals surface area contributed by atoms with Crippen molar-refractivity contribution >= 4 is 17.5 Å². The van der Waals surface area contributed by atoms with E-state index >= 15 is 0 Å². The molecule has 2 N–H and O–H groups in total. The lowest BCUT2D eigenvalue weighted by Crippen LogP contribution is -2.35. The normalized spacial score (nSPS) is 10.9. The summed E-state index contributed by atoms with van der Waals surface area (Å²) < 4.78 is 18.1. The highest BCUT2D eigenvalue weighted by Crippen LogP contribution is 2.11. The van der Waals surface area contributed by atoms with Gasteiger partial charge in [-0.25, -0.2) is 9.82 Å². The Morgan fingerprint density at radius 2 is 1.84 bits per heavy atom. The van der Waals surface area contributed by atoms with Crippen LogP contribution in [0.15, 0.2) is 53.6 Å². The molecule has 0 aliphatic rings. The van der Waals surface area contributed by atoms with Crippen molar-refractivity contribution in [2.75, 3.05) is 13.7 Å². The Bertz CT molecular complexity index is 788. The van der Waals surface area contributed by atoms with E-state index in [1.807, 2.05) is 12.1 Å². The maximum Gasteiger partial charge on any atom is 0.259 e. The molecule has 0 saturated heterocycles. The molecular weight excluding hydrogens is 325 g/mol. The molecule has 0 aromatic heterocycles. The number of nitrogens with one attached hydrogen (secondary N) is 2. The van der Waals surface area contributed by atoms with Crippen LogP contribution in [0.3, 0.4) is 0 Å². The first-order valence-electron chi connectivity index (χ1n) is 7.51. The molecule has 0 spiro atoms. The van der Waals surface area contributed by atoms with Crippen molar-refractivity contribution in [1.29, 1.82) is 0 Å². The fourth-order valence-electron chi connectivity index (χ4n) is 1.97. The molecule has 2 amide bonds. The molecule has 2 rings (SSSR count). The fourth-order valence-corrected chi connectivity index (χ4v) is 1.97. The van der Waals surface area contributed by atoms with Crippen LogP contribution < -0.4 is 15.5 Å². The Morgan fingerprint density at radius 1 is 1.12 bits per heavy atom. The summed E-state index contributed by atoms with van der Waals surface area (Å²) in [5.74, 6) is -0.819. The third-order valence-corrected chi connectivity index (χ3v) is 3.35. The largest absolute Gasteiger partial charge is 0.497 e. The van der Waals surface area contributed by atoms with Gasteiger partial charge in [-0.05, 0) is 55.0 Å². The van der Waals surface area contributed by atoms with Crippen LogP contribution in [-0.2, 0) is 4.79 Å². The van der Waals surface area contributed by atoms with Gasteiger partial charge in [-0.15, -0.1) is 0 Å². The average Bonchev–Trinajstić information content (AvgIpc) is 2.64. The van der Waals surface area contributed by atoms with E-state index < -0.39 is 17.6 Å². The zero-order valence-corrected chi connectivity index (χ0v) is 13.9. The molecule has 6 nitrogen and oxygen atoms in total. The topological polar surface area (TPSA) is 79.8 Å². The molecule has 0 aliphatic carbocycles. The summed E-state index contributed by atoms with van der Waals surface area (Å²) in [5, 5.41) is 6.38. The number of amides is 2. The van der Waals surface area contributed by atoms with Crippen molar-refractivity contribution in [3.05, 3.63) is 65.5 Å². The highest BCUT2D eigenvalue weighted by atomic mass is 19.1. The molecule has 130 valence electrons. The minimum absolute atomic E-state index is 0.144. The smallest absolute Gasteiger partial charge is 0.259 e. The second-order valence-electron chi connectivity index (χ2n) is 5.15. The summed E-state index contributed by atoms with van der Waals surface area (Å²) >= 11 is 0. The molecule has 0 bridgehead atoms. The van der Waals surface area contributed by atoms with E-state index in [-0.39, 0.29) is 12.1 Å². The van der Waals surface area contributed by atoms with Crippen LogP contribution in [0.5, 0.6) is 5.75 Å². The molecule has 0 aliphatic heterocycles. The Hall–Kier alpha value is -3.22. The lowest BCUT2D eigenvalue weighted by atomic mass is 10.1. The zero-order chi connectivity index (χ0) is 18.2. The van der Waals surface area contributed by atoms with Crippen LogP contribution in [0.25, 0.3) is 0 Å². The lowest BCUT2D eigenvalue weighted by molar-refractivity contribution is -0.120. The minimum Gasteiger partial charge on any atom is -0.497 e. The van der Waals surface area contributed by atoms with E-state index in [0.29, 0.717) is 5.71 Å². The predicted octanol–water partition coefficient (Wildman–Crippen LogP) is 2.10. The van der Waals surface area contributed by atoms with Crippen molar-refractivity contribution in [2.24, 2.45) is 5.10 Å². The number of hydrogen-bond donors (Lipinski definition) is 2. The number of halogens is 1. The van der Waals surface area contributed by atoms with Crippen molar-refractivity contribution in [3.63, 3.8) is 0 Å². The third-order valence-electron chi connectivity index (χ3n) is 3.35. The van der Waals surface area contributed by atoms with E-state index in [0.717, 1.165) is 17.4 Å². The van der Waals surface area contributed by atoms with Crippen molar-refractivity contribution in [3.8, 4) is 5.75 Å². The quantitative estimate of drug-likeness (QED) is 0.623. The van der Waals surface area contributed by atoms with Gasteiger partial charge in [-0.3, -0.25) is 9.59 Å². The lowest BCUT2D eigenvalue weighted by Gasteiger charge is -2.06. The van der Waals surface area contributed by atoms with Gasteiger partial charge < -0.3 is 10.1 Å². The van der Waals surface area contributed by atoms with E-state index in [2.05, 4.69) is 15.8 Å². The number of benzene rings is 2. The van der Waals surface area contributed by atoms with Gasteiger partial charge in [-0.1, -0.05) is 6.07 Å². The van der Waals surface area contributed by atoms with Gasteiger partial charge in [0.1, 0.15) is 11.6 Å². The Balaban J connectivity index is 1.85. The Morgan fingerprint density at radius 3 is 2.48 bits per heavy atom. The van der Waals surface area contributed by atoms with Crippen LogP contribution in [0.1, 0.15) is 22.8 Å². The van der Waals surface area contributed by atoms with Gasteiger partial charge >= 0.3 is 0 Å². The molecule has 0 atom stereocenters. The van der Waals surface area contributed by atoms with Crippen LogP contribution in [0.2, 0.25) is 0 Å². The number of carbonyl (C=O) groups is 2. The highest BCUT2D eigenvalue weighted by Gasteiger charge is 2.08. The molecule has 0 unspecified atom stereocenters. The molecule has 0 heterocycles. The van der Waals surface area contributed by atoms with Crippen LogP contribution in [0.4, 0.5) is 4.39 Å². The fraction of sp³-hybridized carbons (Fsp3) is 0.167. The summed E-state index contributed by atoms with van der Waals surface area (Å²) in [5.41, 5.74) is 3.93. The summed E-state index contributed by atoms with van der Waals surface area (Å²) in [4.78, 5) is 23.6. The molecule has 0 radical (unpaired) electrons. The van der Waals surface area contributed by atoms with Crippen molar-refractivity contribution < 1.29 is 18.7 Å². The zero-order valence-electron chi connectivity index (χ0n) is 13.9. The predicted molar refractivity (Wildman–Crippen MR) is 92.1 cm³/mol. The minimum atomic E-state index is -0.537. The molecule has 2 aromatic carbocycles. The number of methoxy groups -OCH3 is 1. The average molecular weight is 343 g/mol. The van der Waals surface area contributed by atoms with Crippen molar-refractivity contribution in [1.82, 2.24) is 10.7 Å². The van der Waals surface area contributed by atoms with Gasteiger partial charge in [0.2, 0.25) is 0 Å². The van der Waals surface area contributed by atoms with Crippen LogP contribution in [0, 0.1) is 5.82 Å². The second kappa shape index (κ2) is 8.58. The van der Waals surface area contributed by atoms with Gasteiger partial charge in [0, 0.05) is 5.56 Å². The molecule has 2 aromatic rings. The number of ether oxygens (including phenoxy) is 1. The van der Waals surface area contributed by atoms with Gasteiger partial charge in [-0.2, -0.15) is 5.10 Å². The Labute approximate surface area is 144 Å². The summed E-state index contributed by atoms with van der Waals surface area (Å²) in [6, 6.07) is 12.4. The monoisotopic (exact) mass is 343 g/mol. The summed E-state index contributed by atoms with van der Waals surface area (Å²) in [7, 11) is 1.58. The molecule has 25 heavy (non-hydrogen) atoms. The number of carbonyl (C=O) groups excluding carboxylic acids is 2. The van der Waals surface area contributed by atoms with E-state index in [9.17, 15) is 14.0 Å². The molecule has 0 fully saturated rings. The Kier molecular flexibility index (Phi) is 6.22. The number of rotatable bonds is 6. The summed E-state index contributed by atoms with van der Waals surface area (Å²) in [6.45, 7) is 1.47. The SMILES string of the molecule is COc1ccc(C(C)=NNC(=O)CNC(=O)c2cccc(F)c2)cc1. The van der Waals surface area contributed by atoms with Crippen molar-refractivity contribution in [2.45, 2.75) is 6.92 Å². The van der Waals surface area contributed by atoms with Gasteiger partial charge in [0.05, 0.1) is 19.4 Å². The first-order valence-corrected chi connectivity index (χ1v) is 7.51. The first kappa shape index (κ1) is 18.1. The maximum absolute atomic E-state index is 13.1. The summed E-state index contributed by atoms with van der Waals surface area (Å²) in [6.07, 6.45) is 0. The highest BCUT2D eigenvalue weighted by molar-refractivity contribution is 6.00. The number of hydrazone groups is 1. The number of nitrogens with zero attached hydrogens (tertiary/aromatic N) is 1.